The van der Waals surface area contributed by atoms with Crippen LogP contribution in [0.1, 0.15) is 12.0 Å². The first-order valence-corrected chi connectivity index (χ1v) is 9.42. The number of nitrogens with zero attached hydrogens (tertiary/aromatic N) is 3. The fourth-order valence-electron chi connectivity index (χ4n) is 2.68. The second-order valence-electron chi connectivity index (χ2n) is 6.11. The van der Waals surface area contributed by atoms with Crippen molar-refractivity contribution in [1.29, 1.82) is 0 Å². The van der Waals surface area contributed by atoms with Crippen molar-refractivity contribution in [2.75, 3.05) is 11.9 Å². The van der Waals surface area contributed by atoms with Crippen LogP contribution in [0.15, 0.2) is 71.7 Å². The van der Waals surface area contributed by atoms with Crippen LogP contribution in [0.3, 0.4) is 0 Å². The number of imidazole rings is 1. The van der Waals surface area contributed by atoms with Gasteiger partial charge in [0.2, 0.25) is 0 Å². The van der Waals surface area contributed by atoms with Crippen molar-refractivity contribution in [3.05, 3.63) is 83.1 Å². The van der Waals surface area contributed by atoms with E-state index in [4.69, 9.17) is 0 Å². The van der Waals surface area contributed by atoms with Gasteiger partial charge in [0.25, 0.3) is 0 Å². The van der Waals surface area contributed by atoms with Crippen molar-refractivity contribution in [2.45, 2.75) is 19.5 Å². The summed E-state index contributed by atoms with van der Waals surface area (Å²) in [5.74, 6) is -0.289. The Morgan fingerprint density at radius 1 is 1.19 bits per heavy atom. The van der Waals surface area contributed by atoms with Crippen molar-refractivity contribution in [2.24, 2.45) is 0 Å². The Morgan fingerprint density at radius 2 is 1.96 bits per heavy atom. The fraction of sp³-hybridized carbons (Fsp3) is 0.200. The second-order valence-corrected chi connectivity index (χ2v) is 6.97. The fourth-order valence-corrected chi connectivity index (χ4v) is 3.07. The van der Waals surface area contributed by atoms with Gasteiger partial charge in [0.15, 0.2) is 0 Å². The van der Waals surface area contributed by atoms with Crippen molar-refractivity contribution in [1.82, 2.24) is 14.5 Å². The summed E-state index contributed by atoms with van der Waals surface area (Å²) in [6.07, 6.45) is 6.16. The SMILES string of the molecule is O=C(Nc1ccccc1Br)N(CCCn1ccnc1)Cc1ccc(F)cc1. The Balaban J connectivity index is 1.68. The van der Waals surface area contributed by atoms with Gasteiger partial charge < -0.3 is 14.8 Å². The number of urea groups is 1. The van der Waals surface area contributed by atoms with Crippen LogP contribution in [0, 0.1) is 5.82 Å². The van der Waals surface area contributed by atoms with Crippen molar-refractivity contribution < 1.29 is 9.18 Å². The molecule has 0 aliphatic rings. The number of hydrogen-bond donors (Lipinski definition) is 1. The zero-order chi connectivity index (χ0) is 19.1. The molecule has 5 nitrogen and oxygen atoms in total. The quantitative estimate of drug-likeness (QED) is 0.578. The molecule has 0 fully saturated rings. The first-order valence-electron chi connectivity index (χ1n) is 8.62. The molecular weight excluding hydrogens is 411 g/mol. The first-order chi connectivity index (χ1) is 13.1. The van der Waals surface area contributed by atoms with Gasteiger partial charge in [-0.3, -0.25) is 0 Å². The van der Waals surface area contributed by atoms with E-state index in [9.17, 15) is 9.18 Å². The van der Waals surface area contributed by atoms with Crippen LogP contribution in [-0.4, -0.2) is 27.0 Å². The number of rotatable bonds is 7. The molecule has 0 aliphatic carbocycles. The highest BCUT2D eigenvalue weighted by molar-refractivity contribution is 9.10. The van der Waals surface area contributed by atoms with E-state index in [1.807, 2.05) is 35.0 Å². The molecule has 0 aliphatic heterocycles. The van der Waals surface area contributed by atoms with Crippen LogP contribution in [0.5, 0.6) is 0 Å². The summed E-state index contributed by atoms with van der Waals surface area (Å²) < 4.78 is 16.0. The van der Waals surface area contributed by atoms with Crippen molar-refractivity contribution >= 4 is 27.6 Å². The molecule has 2 aromatic carbocycles. The monoisotopic (exact) mass is 430 g/mol. The number of carbonyl (C=O) groups is 1. The topological polar surface area (TPSA) is 50.2 Å². The minimum Gasteiger partial charge on any atom is -0.337 e. The molecule has 3 rings (SSSR count). The molecule has 0 bridgehead atoms. The highest BCUT2D eigenvalue weighted by Crippen LogP contribution is 2.22. The maximum absolute atomic E-state index is 13.2. The Hall–Kier alpha value is -2.67. The summed E-state index contributed by atoms with van der Waals surface area (Å²) in [5.41, 5.74) is 1.59. The van der Waals surface area contributed by atoms with Crippen molar-refractivity contribution in [3.8, 4) is 0 Å². The van der Waals surface area contributed by atoms with E-state index >= 15 is 0 Å². The molecule has 0 saturated carbocycles. The van der Waals surface area contributed by atoms with E-state index in [1.165, 1.54) is 12.1 Å². The number of nitrogens with one attached hydrogen (secondary N) is 1. The molecule has 140 valence electrons. The van der Waals surface area contributed by atoms with Crippen molar-refractivity contribution in [3.63, 3.8) is 0 Å². The number of para-hydroxylation sites is 1. The lowest BCUT2D eigenvalue weighted by Gasteiger charge is -2.24. The number of anilines is 1. The third-order valence-corrected chi connectivity index (χ3v) is 4.78. The van der Waals surface area contributed by atoms with Gasteiger partial charge in [-0.1, -0.05) is 24.3 Å². The molecule has 0 radical (unpaired) electrons. The first kappa shape index (κ1) is 19.1. The molecule has 1 aromatic heterocycles. The van der Waals surface area contributed by atoms with Gasteiger partial charge in [-0.05, 0) is 52.2 Å². The number of benzene rings is 2. The van der Waals surface area contributed by atoms with E-state index in [0.717, 1.165) is 23.0 Å². The lowest BCUT2D eigenvalue weighted by atomic mass is 10.2. The minimum absolute atomic E-state index is 0.197. The van der Waals surface area contributed by atoms with Gasteiger partial charge in [-0.25, -0.2) is 14.2 Å². The van der Waals surface area contributed by atoms with Crippen LogP contribution in [0.4, 0.5) is 14.9 Å². The van der Waals surface area contributed by atoms with Crippen LogP contribution in [0.25, 0.3) is 0 Å². The van der Waals surface area contributed by atoms with Gasteiger partial charge in [0.1, 0.15) is 5.82 Å². The summed E-state index contributed by atoms with van der Waals surface area (Å²) in [7, 11) is 0. The predicted molar refractivity (Wildman–Crippen MR) is 107 cm³/mol. The lowest BCUT2D eigenvalue weighted by molar-refractivity contribution is 0.207. The Kier molecular flexibility index (Phi) is 6.59. The maximum atomic E-state index is 13.2. The molecule has 7 heteroatoms. The molecule has 27 heavy (non-hydrogen) atoms. The predicted octanol–water partition coefficient (Wildman–Crippen LogP) is 4.91. The number of halogens is 2. The maximum Gasteiger partial charge on any atom is 0.322 e. The van der Waals surface area contributed by atoms with E-state index in [-0.39, 0.29) is 11.8 Å². The summed E-state index contributed by atoms with van der Waals surface area (Å²) >= 11 is 3.44. The number of hydrogen-bond acceptors (Lipinski definition) is 2. The smallest absolute Gasteiger partial charge is 0.322 e. The Labute approximate surface area is 166 Å². The van der Waals surface area contributed by atoms with Gasteiger partial charge in [0, 0.05) is 36.5 Å². The number of carbonyl (C=O) groups excluding carboxylic acids is 1. The summed E-state index contributed by atoms with van der Waals surface area (Å²) in [4.78, 5) is 18.6. The standard InChI is InChI=1S/C20H20BrFN4O/c21-18-4-1-2-5-19(18)24-20(27)26(12-3-11-25-13-10-23-15-25)14-16-6-8-17(22)9-7-16/h1-2,4-10,13,15H,3,11-12,14H2,(H,24,27). The average molecular weight is 431 g/mol. The highest BCUT2D eigenvalue weighted by Gasteiger charge is 2.15. The van der Waals surface area contributed by atoms with E-state index < -0.39 is 0 Å². The Bertz CT molecular complexity index is 868. The summed E-state index contributed by atoms with van der Waals surface area (Å²) in [6.45, 7) is 1.73. The lowest BCUT2D eigenvalue weighted by Crippen LogP contribution is -2.35. The van der Waals surface area contributed by atoms with Crippen LogP contribution >= 0.6 is 15.9 Å². The van der Waals surface area contributed by atoms with E-state index in [1.54, 1.807) is 29.6 Å². The van der Waals surface area contributed by atoms with Gasteiger partial charge in [-0.2, -0.15) is 0 Å². The number of amides is 2. The number of aryl methyl sites for hydroxylation is 1. The molecular formula is C20H20BrFN4O. The zero-order valence-corrected chi connectivity index (χ0v) is 16.3. The minimum atomic E-state index is -0.289. The molecule has 1 heterocycles. The Morgan fingerprint density at radius 3 is 2.67 bits per heavy atom. The summed E-state index contributed by atoms with van der Waals surface area (Å²) in [5, 5.41) is 2.93. The van der Waals surface area contributed by atoms with E-state index in [0.29, 0.717) is 18.8 Å². The van der Waals surface area contributed by atoms with Gasteiger partial charge in [-0.15, -0.1) is 0 Å². The average Bonchev–Trinajstić information content (AvgIpc) is 3.18. The molecule has 0 atom stereocenters. The zero-order valence-electron chi connectivity index (χ0n) is 14.7. The molecule has 0 spiro atoms. The molecule has 2 amide bonds. The largest absolute Gasteiger partial charge is 0.337 e. The van der Waals surface area contributed by atoms with Crippen LogP contribution < -0.4 is 5.32 Å². The second kappa shape index (κ2) is 9.32. The van der Waals surface area contributed by atoms with Crippen LogP contribution in [-0.2, 0) is 13.1 Å². The van der Waals surface area contributed by atoms with E-state index in [2.05, 4.69) is 26.2 Å². The molecule has 0 saturated heterocycles. The summed E-state index contributed by atoms with van der Waals surface area (Å²) in [6, 6.07) is 13.5. The highest BCUT2D eigenvalue weighted by atomic mass is 79.9. The third kappa shape index (κ3) is 5.65. The molecule has 0 unspecified atom stereocenters. The van der Waals surface area contributed by atoms with Gasteiger partial charge in [0.05, 0.1) is 12.0 Å². The molecule has 3 aromatic rings. The normalized spacial score (nSPS) is 10.6. The third-order valence-electron chi connectivity index (χ3n) is 4.09. The number of aromatic nitrogens is 2. The van der Waals surface area contributed by atoms with Crippen LogP contribution in [0.2, 0.25) is 0 Å². The van der Waals surface area contributed by atoms with Gasteiger partial charge >= 0.3 is 6.03 Å². The molecule has 1 N–H and O–H groups in total.